The van der Waals surface area contributed by atoms with Crippen LogP contribution in [0.15, 0.2) is 24.3 Å². The highest BCUT2D eigenvalue weighted by Crippen LogP contribution is 2.51. The first-order valence-electron chi connectivity index (χ1n) is 7.39. The molecule has 0 aliphatic carbocycles. The van der Waals surface area contributed by atoms with E-state index >= 15 is 0 Å². The van der Waals surface area contributed by atoms with Crippen molar-refractivity contribution >= 4 is 0 Å². The topological polar surface area (TPSA) is 20.2 Å². The predicted octanol–water partition coefficient (Wildman–Crippen LogP) is 5.46. The second-order valence-electron chi connectivity index (χ2n) is 5.99. The van der Waals surface area contributed by atoms with Crippen LogP contribution >= 0.6 is 0 Å². The molecule has 1 nitrogen and oxygen atoms in total. The van der Waals surface area contributed by atoms with Crippen molar-refractivity contribution in [2.24, 2.45) is 0 Å². The zero-order valence-electron chi connectivity index (χ0n) is 13.2. The molecule has 0 aromatic heterocycles. The van der Waals surface area contributed by atoms with Crippen LogP contribution in [-0.4, -0.2) is 23.1 Å². The van der Waals surface area contributed by atoms with Gasteiger partial charge in [0.2, 0.25) is 0 Å². The van der Waals surface area contributed by atoms with Crippen LogP contribution in [0.2, 0.25) is 0 Å². The molecule has 1 N–H and O–H groups in total. The number of aliphatic hydroxyl groups is 1. The van der Waals surface area contributed by atoms with Crippen LogP contribution in [0.3, 0.4) is 0 Å². The van der Waals surface area contributed by atoms with Gasteiger partial charge in [-0.25, -0.2) is 0 Å². The Bertz CT molecular complexity index is 550. The van der Waals surface area contributed by atoms with Crippen LogP contribution in [0.4, 0.5) is 30.7 Å². The number of hydrogen-bond acceptors (Lipinski definition) is 1. The summed E-state index contributed by atoms with van der Waals surface area (Å²) >= 11 is 0. The maximum Gasteiger partial charge on any atom is 0.459 e. The van der Waals surface area contributed by atoms with Gasteiger partial charge in [0.1, 0.15) is 0 Å². The molecule has 0 aliphatic rings. The van der Waals surface area contributed by atoms with Gasteiger partial charge in [0.15, 0.2) is 0 Å². The van der Waals surface area contributed by atoms with Crippen LogP contribution in [0.1, 0.15) is 44.2 Å². The Hall–Kier alpha value is -1.31. The van der Waals surface area contributed by atoms with Gasteiger partial charge in [0.05, 0.1) is 12.0 Å². The second-order valence-corrected chi connectivity index (χ2v) is 5.99. The van der Waals surface area contributed by atoms with Crippen molar-refractivity contribution in [3.8, 4) is 0 Å². The minimum Gasteiger partial charge on any atom is -0.385 e. The Morgan fingerprint density at radius 1 is 0.958 bits per heavy atom. The standard InChI is InChI=1S/C16H19F7O/c1-3-4-7-11-8-5-6-9-12(11)13(2,24)10-14(17,18)15(19,20)16(21,22)23/h5-6,8-9,24H,3-4,7,10H2,1-2H3. The van der Waals surface area contributed by atoms with Gasteiger partial charge in [-0.1, -0.05) is 37.6 Å². The van der Waals surface area contributed by atoms with Crippen LogP contribution in [0.5, 0.6) is 0 Å². The van der Waals surface area contributed by atoms with Gasteiger partial charge < -0.3 is 5.11 Å². The maximum absolute atomic E-state index is 13.6. The molecule has 0 radical (unpaired) electrons. The second kappa shape index (κ2) is 6.90. The molecule has 8 heteroatoms. The summed E-state index contributed by atoms with van der Waals surface area (Å²) in [5.41, 5.74) is -2.17. The van der Waals surface area contributed by atoms with Gasteiger partial charge in [0, 0.05) is 0 Å². The molecule has 1 aromatic rings. The van der Waals surface area contributed by atoms with E-state index in [0.29, 0.717) is 18.4 Å². The SMILES string of the molecule is CCCCc1ccccc1C(C)(O)CC(F)(F)C(F)(F)C(F)(F)F. The fourth-order valence-corrected chi connectivity index (χ4v) is 2.48. The largest absolute Gasteiger partial charge is 0.459 e. The third-order valence-corrected chi connectivity index (χ3v) is 3.78. The number of aryl methyl sites for hydroxylation is 1. The van der Waals surface area contributed by atoms with Crippen LogP contribution in [0.25, 0.3) is 0 Å². The van der Waals surface area contributed by atoms with E-state index in [-0.39, 0.29) is 5.56 Å². The highest BCUT2D eigenvalue weighted by Gasteiger charge is 2.73. The lowest BCUT2D eigenvalue weighted by Gasteiger charge is -2.34. The monoisotopic (exact) mass is 360 g/mol. The normalized spacial score (nSPS) is 16.1. The molecule has 0 heterocycles. The minimum atomic E-state index is -6.41. The highest BCUT2D eigenvalue weighted by atomic mass is 19.4. The molecule has 24 heavy (non-hydrogen) atoms. The molecular weight excluding hydrogens is 341 g/mol. The number of alkyl halides is 7. The lowest BCUT2D eigenvalue weighted by Crippen LogP contribution is -2.54. The van der Waals surface area contributed by atoms with Crippen molar-refractivity contribution in [2.45, 2.75) is 63.2 Å². The van der Waals surface area contributed by atoms with Crippen molar-refractivity contribution in [3.63, 3.8) is 0 Å². The fourth-order valence-electron chi connectivity index (χ4n) is 2.48. The van der Waals surface area contributed by atoms with Crippen molar-refractivity contribution in [1.82, 2.24) is 0 Å². The van der Waals surface area contributed by atoms with Crippen molar-refractivity contribution in [3.05, 3.63) is 35.4 Å². The molecular formula is C16H19F7O. The highest BCUT2D eigenvalue weighted by molar-refractivity contribution is 5.32. The molecule has 1 atom stereocenters. The minimum absolute atomic E-state index is 0.0731. The van der Waals surface area contributed by atoms with Gasteiger partial charge in [-0.3, -0.25) is 0 Å². The molecule has 138 valence electrons. The number of benzene rings is 1. The summed E-state index contributed by atoms with van der Waals surface area (Å²) in [5, 5.41) is 10.2. The summed E-state index contributed by atoms with van der Waals surface area (Å²) in [6.07, 6.45) is -6.64. The number of rotatable bonds is 7. The molecule has 1 aromatic carbocycles. The van der Waals surface area contributed by atoms with Gasteiger partial charge >= 0.3 is 18.0 Å². The van der Waals surface area contributed by atoms with Crippen molar-refractivity contribution in [1.29, 1.82) is 0 Å². The maximum atomic E-state index is 13.6. The van der Waals surface area contributed by atoms with E-state index in [1.54, 1.807) is 6.07 Å². The van der Waals surface area contributed by atoms with Crippen LogP contribution < -0.4 is 0 Å². The lowest BCUT2D eigenvalue weighted by atomic mass is 9.83. The third kappa shape index (κ3) is 4.20. The van der Waals surface area contributed by atoms with Crippen molar-refractivity contribution in [2.75, 3.05) is 0 Å². The third-order valence-electron chi connectivity index (χ3n) is 3.78. The lowest BCUT2D eigenvalue weighted by molar-refractivity contribution is -0.361. The Morgan fingerprint density at radius 3 is 2.00 bits per heavy atom. The predicted molar refractivity (Wildman–Crippen MR) is 75.2 cm³/mol. The molecule has 1 unspecified atom stereocenters. The molecule has 0 saturated carbocycles. The van der Waals surface area contributed by atoms with Gasteiger partial charge in [-0.2, -0.15) is 30.7 Å². The van der Waals surface area contributed by atoms with Gasteiger partial charge in [-0.05, 0) is 30.9 Å². The smallest absolute Gasteiger partial charge is 0.385 e. The number of unbranched alkanes of at least 4 members (excludes halogenated alkanes) is 1. The summed E-state index contributed by atoms with van der Waals surface area (Å²) in [7, 11) is 0. The first-order valence-corrected chi connectivity index (χ1v) is 7.39. The molecule has 0 aliphatic heterocycles. The average molecular weight is 360 g/mol. The summed E-state index contributed by atoms with van der Waals surface area (Å²) in [6.45, 7) is 2.69. The quantitative estimate of drug-likeness (QED) is 0.640. The Balaban J connectivity index is 3.18. The summed E-state index contributed by atoms with van der Waals surface area (Å²) in [4.78, 5) is 0. The average Bonchev–Trinajstić information content (AvgIpc) is 2.43. The van der Waals surface area contributed by atoms with E-state index in [1.807, 2.05) is 6.92 Å². The van der Waals surface area contributed by atoms with Crippen molar-refractivity contribution < 1.29 is 35.8 Å². The summed E-state index contributed by atoms with van der Waals surface area (Å²) in [5.74, 6) is -11.7. The van der Waals surface area contributed by atoms with E-state index in [9.17, 15) is 35.8 Å². The molecule has 0 fully saturated rings. The zero-order valence-corrected chi connectivity index (χ0v) is 13.2. The summed E-state index contributed by atoms with van der Waals surface area (Å²) < 4.78 is 90.1. The Morgan fingerprint density at radius 2 is 1.50 bits per heavy atom. The Kier molecular flexibility index (Phi) is 5.96. The number of halogens is 7. The number of hydrogen-bond donors (Lipinski definition) is 1. The first kappa shape index (κ1) is 20.7. The molecule has 0 spiro atoms. The van der Waals surface area contributed by atoms with E-state index < -0.39 is 30.0 Å². The van der Waals surface area contributed by atoms with E-state index in [0.717, 1.165) is 13.3 Å². The molecule has 0 bridgehead atoms. The molecule has 1 rings (SSSR count). The van der Waals surface area contributed by atoms with E-state index in [1.165, 1.54) is 18.2 Å². The Labute approximate surface area is 135 Å². The van der Waals surface area contributed by atoms with E-state index in [4.69, 9.17) is 0 Å². The van der Waals surface area contributed by atoms with Gasteiger partial charge in [0.25, 0.3) is 0 Å². The molecule has 0 amide bonds. The zero-order chi connectivity index (χ0) is 18.8. The first-order chi connectivity index (χ1) is 10.8. The van der Waals surface area contributed by atoms with Gasteiger partial charge in [-0.15, -0.1) is 0 Å². The summed E-state index contributed by atoms with van der Waals surface area (Å²) in [6, 6.07) is 5.76. The fraction of sp³-hybridized carbons (Fsp3) is 0.625. The molecule has 0 saturated heterocycles. The van der Waals surface area contributed by atoms with Crippen LogP contribution in [-0.2, 0) is 12.0 Å². The van der Waals surface area contributed by atoms with E-state index in [2.05, 4.69) is 0 Å². The van der Waals surface area contributed by atoms with Crippen LogP contribution in [0, 0.1) is 0 Å².